The van der Waals surface area contributed by atoms with Crippen molar-refractivity contribution in [2.45, 2.75) is 51.9 Å². The highest BCUT2D eigenvalue weighted by Gasteiger charge is 2.24. The van der Waals surface area contributed by atoms with E-state index in [1.165, 1.54) is 13.3 Å². The highest BCUT2D eigenvalue weighted by atomic mass is 32.1. The normalized spacial score (nSPS) is 11.8. The highest BCUT2D eigenvalue weighted by molar-refractivity contribution is 7.59. The molecule has 1 heterocycles. The van der Waals surface area contributed by atoms with Gasteiger partial charge in [0.25, 0.3) is 5.69 Å². The SMILES string of the molecule is COC(=O)[C@H](COCc1ccccc1)NC(=O)CC[C@H](NCc1cc(Oc2ccccc2)ncc1[N+](=O)[O-])C(C)C.S.S. The molecule has 0 bridgehead atoms. The van der Waals surface area contributed by atoms with Crippen LogP contribution in [-0.2, 0) is 32.2 Å². The van der Waals surface area contributed by atoms with Crippen molar-refractivity contribution >= 4 is 44.6 Å². The van der Waals surface area contributed by atoms with Crippen molar-refractivity contribution in [3.8, 4) is 11.6 Å². The van der Waals surface area contributed by atoms with Crippen LogP contribution < -0.4 is 15.4 Å². The Hall–Kier alpha value is -3.65. The van der Waals surface area contributed by atoms with Crippen molar-refractivity contribution in [1.29, 1.82) is 0 Å². The molecule has 0 aliphatic rings. The molecule has 2 aromatic carbocycles. The number of pyridine rings is 1. The number of hydrogen-bond acceptors (Lipinski definition) is 9. The summed E-state index contributed by atoms with van der Waals surface area (Å²) in [5.41, 5.74) is 1.23. The zero-order valence-electron chi connectivity index (χ0n) is 24.4. The Balaban J connectivity index is 0.00000462. The number of amides is 1. The molecule has 2 atom stereocenters. The summed E-state index contributed by atoms with van der Waals surface area (Å²) in [5, 5.41) is 17.6. The number of carbonyl (C=O) groups excluding carboxylic acids is 2. The first-order valence-electron chi connectivity index (χ1n) is 13.3. The highest BCUT2D eigenvalue weighted by Crippen LogP contribution is 2.25. The second kappa shape index (κ2) is 19.5. The number of rotatable bonds is 16. The monoisotopic (exact) mass is 632 g/mol. The molecule has 0 unspecified atom stereocenters. The molecule has 1 aromatic heterocycles. The number of carbonyl (C=O) groups is 2. The summed E-state index contributed by atoms with van der Waals surface area (Å²) in [5.74, 6) is -0.000577. The Morgan fingerprint density at radius 3 is 2.28 bits per heavy atom. The number of ether oxygens (including phenoxy) is 3. The van der Waals surface area contributed by atoms with E-state index in [4.69, 9.17) is 14.2 Å². The van der Waals surface area contributed by atoms with Crippen molar-refractivity contribution in [3.63, 3.8) is 0 Å². The maximum Gasteiger partial charge on any atom is 0.330 e. The molecular formula is C30H40N4O7S2. The lowest BCUT2D eigenvalue weighted by Gasteiger charge is -2.23. The van der Waals surface area contributed by atoms with Gasteiger partial charge >= 0.3 is 5.97 Å². The lowest BCUT2D eigenvalue weighted by Crippen LogP contribution is -2.45. The van der Waals surface area contributed by atoms with E-state index >= 15 is 0 Å². The molecule has 3 aromatic rings. The molecular weight excluding hydrogens is 592 g/mol. The predicted molar refractivity (Wildman–Crippen MR) is 173 cm³/mol. The molecule has 13 heteroatoms. The Kier molecular flexibility index (Phi) is 17.0. The minimum absolute atomic E-state index is 0. The van der Waals surface area contributed by atoms with Gasteiger partial charge in [0.15, 0.2) is 6.04 Å². The molecule has 0 aliphatic heterocycles. The van der Waals surface area contributed by atoms with E-state index in [9.17, 15) is 19.7 Å². The number of methoxy groups -OCH3 is 1. The number of esters is 1. The van der Waals surface area contributed by atoms with Crippen molar-refractivity contribution in [2.24, 2.45) is 5.92 Å². The zero-order chi connectivity index (χ0) is 29.6. The Bertz CT molecular complexity index is 1280. The van der Waals surface area contributed by atoms with Crippen molar-refractivity contribution in [3.05, 3.63) is 94.2 Å². The van der Waals surface area contributed by atoms with E-state index in [0.29, 0.717) is 24.3 Å². The van der Waals surface area contributed by atoms with E-state index in [-0.39, 0.29) is 76.0 Å². The maximum atomic E-state index is 12.8. The van der Waals surface area contributed by atoms with Gasteiger partial charge < -0.3 is 24.8 Å². The summed E-state index contributed by atoms with van der Waals surface area (Å²) in [6, 6.07) is 19.0. The number of nitrogens with one attached hydrogen (secondary N) is 2. The fourth-order valence-electron chi connectivity index (χ4n) is 4.08. The van der Waals surface area contributed by atoms with Crippen LogP contribution in [0.25, 0.3) is 0 Å². The van der Waals surface area contributed by atoms with Gasteiger partial charge in [-0.1, -0.05) is 62.4 Å². The first-order valence-corrected chi connectivity index (χ1v) is 13.3. The van der Waals surface area contributed by atoms with E-state index in [1.807, 2.05) is 62.4 Å². The van der Waals surface area contributed by atoms with Gasteiger partial charge in [-0.3, -0.25) is 14.9 Å². The fourth-order valence-corrected chi connectivity index (χ4v) is 4.08. The molecule has 0 fully saturated rings. The summed E-state index contributed by atoms with van der Waals surface area (Å²) in [4.78, 5) is 40.2. The molecule has 0 radical (unpaired) electrons. The molecule has 0 saturated heterocycles. The van der Waals surface area contributed by atoms with E-state index in [1.54, 1.807) is 18.2 Å². The van der Waals surface area contributed by atoms with Crippen molar-refractivity contribution in [1.82, 2.24) is 15.6 Å². The van der Waals surface area contributed by atoms with Crippen molar-refractivity contribution in [2.75, 3.05) is 13.7 Å². The fraction of sp³-hybridized carbons (Fsp3) is 0.367. The number of aromatic nitrogens is 1. The van der Waals surface area contributed by atoms with Crippen molar-refractivity contribution < 1.29 is 28.7 Å². The standard InChI is InChI=1S/C30H36N4O7.2H2S/c1-21(2)25(14-15-28(35)33-26(30(36)39-3)20-40-19-22-10-6-4-7-11-22)31-17-23-16-29(32-18-27(23)34(37)38)41-24-12-8-5-9-13-24;;/h4-13,16,18,21,25-26,31H,14-15,17,19-20H2,1-3H3,(H,33,35);2*1H2/t25-,26-;;/m0../s1. The third kappa shape index (κ3) is 12.6. The third-order valence-electron chi connectivity index (χ3n) is 6.36. The van der Waals surface area contributed by atoms with Gasteiger partial charge in [0, 0.05) is 25.1 Å². The summed E-state index contributed by atoms with van der Waals surface area (Å²) in [7, 11) is 1.26. The Morgan fingerprint density at radius 2 is 1.67 bits per heavy atom. The van der Waals surface area contributed by atoms with Crippen LogP contribution in [0, 0.1) is 16.0 Å². The Morgan fingerprint density at radius 1 is 1.02 bits per heavy atom. The number of hydrogen-bond donors (Lipinski definition) is 2. The smallest absolute Gasteiger partial charge is 0.330 e. The van der Waals surface area contributed by atoms with E-state index < -0.39 is 16.9 Å². The minimum Gasteiger partial charge on any atom is -0.467 e. The molecule has 2 N–H and O–H groups in total. The van der Waals surface area contributed by atoms with Gasteiger partial charge in [0.2, 0.25) is 11.8 Å². The van der Waals surface area contributed by atoms with Crippen LogP contribution in [0.1, 0.15) is 37.8 Å². The van der Waals surface area contributed by atoms with E-state index in [0.717, 1.165) is 5.56 Å². The van der Waals surface area contributed by atoms with Gasteiger partial charge in [-0.15, -0.1) is 0 Å². The van der Waals surface area contributed by atoms with Crippen LogP contribution in [0.3, 0.4) is 0 Å². The largest absolute Gasteiger partial charge is 0.467 e. The van der Waals surface area contributed by atoms with Gasteiger partial charge in [-0.2, -0.15) is 27.0 Å². The van der Waals surface area contributed by atoms with Gasteiger partial charge in [0.05, 0.1) is 30.8 Å². The molecule has 3 rings (SSSR count). The van der Waals surface area contributed by atoms with Gasteiger partial charge in [-0.25, -0.2) is 9.78 Å². The van der Waals surface area contributed by atoms with Crippen LogP contribution in [0.4, 0.5) is 5.69 Å². The number of para-hydroxylation sites is 1. The average Bonchev–Trinajstić information content (AvgIpc) is 2.97. The quantitative estimate of drug-likeness (QED) is 0.130. The first kappa shape index (κ1) is 37.4. The number of nitro groups is 1. The molecule has 0 aliphatic carbocycles. The summed E-state index contributed by atoms with van der Waals surface area (Å²) in [6.45, 7) is 4.43. The average molecular weight is 633 g/mol. The van der Waals surface area contributed by atoms with E-state index in [2.05, 4.69) is 15.6 Å². The van der Waals surface area contributed by atoms with Gasteiger partial charge in [-0.05, 0) is 30.0 Å². The minimum atomic E-state index is -0.941. The predicted octanol–water partition coefficient (Wildman–Crippen LogP) is 4.78. The van der Waals surface area contributed by atoms with Crippen LogP contribution in [0.5, 0.6) is 11.6 Å². The number of benzene rings is 2. The van der Waals surface area contributed by atoms with Crippen LogP contribution in [0.2, 0.25) is 0 Å². The lowest BCUT2D eigenvalue weighted by atomic mass is 9.98. The molecule has 1 amide bonds. The zero-order valence-corrected chi connectivity index (χ0v) is 26.4. The second-order valence-corrected chi connectivity index (χ2v) is 9.74. The first-order chi connectivity index (χ1) is 19.8. The Labute approximate surface area is 265 Å². The second-order valence-electron chi connectivity index (χ2n) is 9.74. The van der Waals surface area contributed by atoms with Gasteiger partial charge in [0.1, 0.15) is 11.9 Å². The molecule has 0 saturated carbocycles. The maximum absolute atomic E-state index is 12.8. The molecule has 43 heavy (non-hydrogen) atoms. The lowest BCUT2D eigenvalue weighted by molar-refractivity contribution is -0.386. The number of nitrogens with zero attached hydrogens (tertiary/aromatic N) is 2. The van der Waals surface area contributed by atoms with Crippen LogP contribution in [-0.4, -0.2) is 47.6 Å². The molecule has 11 nitrogen and oxygen atoms in total. The molecule has 0 spiro atoms. The molecule has 234 valence electrons. The van der Waals surface area contributed by atoms with Crippen LogP contribution >= 0.6 is 27.0 Å². The summed E-state index contributed by atoms with van der Waals surface area (Å²) < 4.78 is 16.2. The topological polar surface area (TPSA) is 142 Å². The summed E-state index contributed by atoms with van der Waals surface area (Å²) >= 11 is 0. The third-order valence-corrected chi connectivity index (χ3v) is 6.36. The summed E-state index contributed by atoms with van der Waals surface area (Å²) in [6.07, 6.45) is 1.75. The van der Waals surface area contributed by atoms with Crippen LogP contribution in [0.15, 0.2) is 72.9 Å².